The Morgan fingerprint density at radius 1 is 0.864 bits per heavy atom. The van der Waals surface area contributed by atoms with Gasteiger partial charge in [-0.1, -0.05) is 30.8 Å². The van der Waals surface area contributed by atoms with E-state index in [0.29, 0.717) is 19.6 Å². The Hall–Kier alpha value is -4.41. The fourth-order valence-electron chi connectivity index (χ4n) is 5.67. The van der Waals surface area contributed by atoms with Crippen molar-refractivity contribution >= 4 is 22.7 Å². The maximum absolute atomic E-state index is 5.72. The largest absolute Gasteiger partial charge is 0.497 e. The lowest BCUT2D eigenvalue weighted by Gasteiger charge is -2.38. The third-order valence-corrected chi connectivity index (χ3v) is 8.86. The first kappa shape index (κ1) is 29.7. The third-order valence-electron chi connectivity index (χ3n) is 8.02. The number of thiazole rings is 1. The summed E-state index contributed by atoms with van der Waals surface area (Å²) in [5, 5.41) is 3.15. The Morgan fingerprint density at radius 3 is 2.45 bits per heavy atom. The van der Waals surface area contributed by atoms with Gasteiger partial charge < -0.3 is 33.5 Å². The average Bonchev–Trinajstić information content (AvgIpc) is 3.74. The number of nitrogens with zero attached hydrogens (tertiary/aromatic N) is 4. The van der Waals surface area contributed by atoms with Crippen molar-refractivity contribution in [3.8, 4) is 28.7 Å². The molecule has 1 fully saturated rings. The standard InChI is InChI=1S/C34H38N4O5S/c1-24(37-13-15-38(16-14-37)29-7-5-6-8-30(29)40-3)28-22-44-34(35-28)21-36(19-25-9-12-31-33(17-25)43-23-42-31)20-26-10-11-27(39-2)18-32(26)41-4/h5-12,17-18,22H,1,13-16,19-21,23H2,2-4H3. The molecule has 0 N–H and O–H groups in total. The molecule has 0 saturated carbocycles. The number of hydrogen-bond donors (Lipinski definition) is 0. The van der Waals surface area contributed by atoms with Crippen molar-refractivity contribution in [2.75, 3.05) is 59.2 Å². The van der Waals surface area contributed by atoms with Gasteiger partial charge in [0, 0.05) is 56.3 Å². The van der Waals surface area contributed by atoms with Crippen molar-refractivity contribution in [3.63, 3.8) is 0 Å². The van der Waals surface area contributed by atoms with Gasteiger partial charge in [0.15, 0.2) is 11.5 Å². The average molecular weight is 615 g/mol. The van der Waals surface area contributed by atoms with Crippen LogP contribution in [0, 0.1) is 0 Å². The Kier molecular flexibility index (Phi) is 9.09. The van der Waals surface area contributed by atoms with Gasteiger partial charge >= 0.3 is 0 Å². The van der Waals surface area contributed by atoms with Gasteiger partial charge in [-0.15, -0.1) is 11.3 Å². The number of para-hydroxylation sites is 2. The normalized spacial score (nSPS) is 14.2. The van der Waals surface area contributed by atoms with Crippen molar-refractivity contribution < 1.29 is 23.7 Å². The lowest BCUT2D eigenvalue weighted by molar-refractivity contribution is 0.174. The number of methoxy groups -OCH3 is 3. The molecule has 2 aliphatic rings. The molecule has 44 heavy (non-hydrogen) atoms. The van der Waals surface area contributed by atoms with Gasteiger partial charge in [0.2, 0.25) is 6.79 Å². The first-order valence-electron chi connectivity index (χ1n) is 14.6. The first-order chi connectivity index (χ1) is 21.5. The highest BCUT2D eigenvalue weighted by molar-refractivity contribution is 7.09. The van der Waals surface area contributed by atoms with Gasteiger partial charge in [0.05, 0.1) is 45.0 Å². The van der Waals surface area contributed by atoms with E-state index in [1.807, 2.05) is 30.3 Å². The molecule has 230 valence electrons. The minimum Gasteiger partial charge on any atom is -0.497 e. The van der Waals surface area contributed by atoms with E-state index < -0.39 is 0 Å². The van der Waals surface area contributed by atoms with Crippen LogP contribution in [0.2, 0.25) is 0 Å². The van der Waals surface area contributed by atoms with Crippen molar-refractivity contribution in [1.82, 2.24) is 14.8 Å². The monoisotopic (exact) mass is 614 g/mol. The molecule has 0 spiro atoms. The van der Waals surface area contributed by atoms with E-state index in [-0.39, 0.29) is 6.79 Å². The van der Waals surface area contributed by atoms with Crippen LogP contribution in [0.3, 0.4) is 0 Å². The topological polar surface area (TPSA) is 68.8 Å². The molecule has 10 heteroatoms. The molecule has 0 aliphatic carbocycles. The van der Waals surface area contributed by atoms with E-state index in [0.717, 1.165) is 88.1 Å². The number of fused-ring (bicyclic) bond motifs is 1. The fourth-order valence-corrected chi connectivity index (χ4v) is 6.51. The second-order valence-electron chi connectivity index (χ2n) is 10.7. The molecule has 0 bridgehead atoms. The van der Waals surface area contributed by atoms with Crippen LogP contribution in [0.15, 0.2) is 72.6 Å². The molecule has 3 heterocycles. The van der Waals surface area contributed by atoms with E-state index in [9.17, 15) is 0 Å². The summed E-state index contributed by atoms with van der Waals surface area (Å²) in [6, 6.07) is 20.3. The maximum atomic E-state index is 5.72. The summed E-state index contributed by atoms with van der Waals surface area (Å²) in [5.41, 5.74) is 5.23. The van der Waals surface area contributed by atoms with E-state index in [1.165, 1.54) is 0 Å². The van der Waals surface area contributed by atoms with Crippen LogP contribution >= 0.6 is 11.3 Å². The van der Waals surface area contributed by atoms with E-state index in [2.05, 4.69) is 57.0 Å². The molecule has 0 radical (unpaired) electrons. The summed E-state index contributed by atoms with van der Waals surface area (Å²) >= 11 is 1.67. The third kappa shape index (κ3) is 6.56. The molecule has 9 nitrogen and oxygen atoms in total. The second kappa shape index (κ2) is 13.5. The van der Waals surface area contributed by atoms with Crippen LogP contribution in [0.1, 0.15) is 21.8 Å². The van der Waals surface area contributed by atoms with Crippen molar-refractivity contribution in [2.24, 2.45) is 0 Å². The fraction of sp³-hybridized carbons (Fsp3) is 0.324. The number of piperazine rings is 1. The molecule has 1 saturated heterocycles. The zero-order valence-electron chi connectivity index (χ0n) is 25.5. The van der Waals surface area contributed by atoms with Crippen LogP contribution in [0.5, 0.6) is 28.7 Å². The number of benzene rings is 3. The van der Waals surface area contributed by atoms with Crippen LogP contribution in [-0.4, -0.2) is 69.1 Å². The number of rotatable bonds is 12. The summed E-state index contributed by atoms with van der Waals surface area (Å²) in [6.45, 7) is 10.3. The number of hydrogen-bond acceptors (Lipinski definition) is 10. The minimum atomic E-state index is 0.257. The highest BCUT2D eigenvalue weighted by Crippen LogP contribution is 2.34. The Labute approximate surface area is 262 Å². The Morgan fingerprint density at radius 2 is 1.66 bits per heavy atom. The predicted molar refractivity (Wildman–Crippen MR) is 173 cm³/mol. The van der Waals surface area contributed by atoms with Gasteiger partial charge in [-0.05, 0) is 35.9 Å². The molecule has 2 aliphatic heterocycles. The lowest BCUT2D eigenvalue weighted by atomic mass is 10.1. The van der Waals surface area contributed by atoms with Crippen LogP contribution in [0.25, 0.3) is 5.70 Å². The van der Waals surface area contributed by atoms with Gasteiger partial charge in [-0.25, -0.2) is 4.98 Å². The van der Waals surface area contributed by atoms with Crippen LogP contribution < -0.4 is 28.6 Å². The molecule has 0 atom stereocenters. The van der Waals surface area contributed by atoms with Gasteiger partial charge in [0.1, 0.15) is 22.3 Å². The van der Waals surface area contributed by atoms with Crippen LogP contribution in [-0.2, 0) is 19.6 Å². The van der Waals surface area contributed by atoms with Gasteiger partial charge in [0.25, 0.3) is 0 Å². The summed E-state index contributed by atoms with van der Waals surface area (Å²) in [6.07, 6.45) is 0. The number of anilines is 1. The van der Waals surface area contributed by atoms with Gasteiger partial charge in [-0.2, -0.15) is 0 Å². The first-order valence-corrected chi connectivity index (χ1v) is 15.5. The Balaban J connectivity index is 1.15. The molecular formula is C34H38N4O5S. The SMILES string of the molecule is C=C(c1csc(CN(Cc2ccc3c(c2)OCO3)Cc2ccc(OC)cc2OC)n1)N1CCN(c2ccccc2OC)CC1. The second-order valence-corrected chi connectivity index (χ2v) is 11.7. The van der Waals surface area contributed by atoms with Crippen molar-refractivity contribution in [2.45, 2.75) is 19.6 Å². The summed E-state index contributed by atoms with van der Waals surface area (Å²) < 4.78 is 27.9. The molecule has 1 aromatic heterocycles. The molecule has 3 aromatic carbocycles. The zero-order valence-corrected chi connectivity index (χ0v) is 26.3. The molecule has 6 rings (SSSR count). The Bertz CT molecular complexity index is 1600. The quantitative estimate of drug-likeness (QED) is 0.194. The number of aromatic nitrogens is 1. The molecular weight excluding hydrogens is 576 g/mol. The zero-order chi connectivity index (χ0) is 30.5. The molecule has 4 aromatic rings. The summed E-state index contributed by atoms with van der Waals surface area (Å²) in [7, 11) is 5.07. The smallest absolute Gasteiger partial charge is 0.231 e. The number of ether oxygens (including phenoxy) is 5. The molecule has 0 unspecified atom stereocenters. The van der Waals surface area contributed by atoms with E-state index in [1.54, 1.807) is 32.7 Å². The van der Waals surface area contributed by atoms with Crippen molar-refractivity contribution in [3.05, 3.63) is 94.5 Å². The minimum absolute atomic E-state index is 0.257. The van der Waals surface area contributed by atoms with E-state index in [4.69, 9.17) is 28.7 Å². The highest BCUT2D eigenvalue weighted by atomic mass is 32.1. The predicted octanol–water partition coefficient (Wildman–Crippen LogP) is 5.89. The maximum Gasteiger partial charge on any atom is 0.231 e. The molecule has 0 amide bonds. The highest BCUT2D eigenvalue weighted by Gasteiger charge is 2.23. The lowest BCUT2D eigenvalue weighted by Crippen LogP contribution is -2.45. The van der Waals surface area contributed by atoms with Crippen LogP contribution in [0.4, 0.5) is 5.69 Å². The van der Waals surface area contributed by atoms with E-state index >= 15 is 0 Å². The summed E-state index contributed by atoms with van der Waals surface area (Å²) in [4.78, 5) is 12.1. The summed E-state index contributed by atoms with van der Waals surface area (Å²) in [5.74, 6) is 4.02. The van der Waals surface area contributed by atoms with Gasteiger partial charge in [-0.3, -0.25) is 4.90 Å². The van der Waals surface area contributed by atoms with Crippen molar-refractivity contribution in [1.29, 1.82) is 0 Å².